The van der Waals surface area contributed by atoms with Crippen LogP contribution in [0.15, 0.2) is 48.5 Å². The molecule has 0 aromatic heterocycles. The lowest BCUT2D eigenvalue weighted by molar-refractivity contribution is -0.137. The molecule has 1 aliphatic heterocycles. The van der Waals surface area contributed by atoms with E-state index in [1.807, 2.05) is 6.92 Å². The smallest absolute Gasteiger partial charge is 0.416 e. The molecule has 0 saturated carbocycles. The van der Waals surface area contributed by atoms with Gasteiger partial charge in [-0.2, -0.15) is 13.2 Å². The molecule has 1 N–H and O–H groups in total. The highest BCUT2D eigenvalue weighted by Crippen LogP contribution is 2.35. The molecule has 7 heteroatoms. The zero-order valence-electron chi connectivity index (χ0n) is 13.5. The van der Waals surface area contributed by atoms with Crippen molar-refractivity contribution >= 4 is 17.4 Å². The third kappa shape index (κ3) is 3.70. The number of amides is 2. The number of alkyl halides is 3. The molecule has 0 aliphatic carbocycles. The molecule has 3 rings (SSSR count). The lowest BCUT2D eigenvalue weighted by atomic mass is 10.1. The van der Waals surface area contributed by atoms with Crippen molar-refractivity contribution in [3.63, 3.8) is 0 Å². The zero-order chi connectivity index (χ0) is 18.0. The molecule has 132 valence electrons. The van der Waals surface area contributed by atoms with Gasteiger partial charge in [-0.1, -0.05) is 25.1 Å². The van der Waals surface area contributed by atoms with Gasteiger partial charge in [0.15, 0.2) is 0 Å². The number of carbonyl (C=O) groups is 1. The lowest BCUT2D eigenvalue weighted by Crippen LogP contribution is -2.45. The lowest BCUT2D eigenvalue weighted by Gasteiger charge is -2.34. The Kier molecular flexibility index (Phi) is 4.57. The summed E-state index contributed by atoms with van der Waals surface area (Å²) < 4.78 is 44.2. The maximum absolute atomic E-state index is 12.8. The second-order valence-corrected chi connectivity index (χ2v) is 5.74. The summed E-state index contributed by atoms with van der Waals surface area (Å²) in [6.45, 7) is 2.28. The summed E-state index contributed by atoms with van der Waals surface area (Å²) in [7, 11) is 0. The summed E-state index contributed by atoms with van der Waals surface area (Å²) >= 11 is 0. The van der Waals surface area contributed by atoms with E-state index in [4.69, 9.17) is 4.74 Å². The third-order valence-corrected chi connectivity index (χ3v) is 3.98. The van der Waals surface area contributed by atoms with Gasteiger partial charge in [0.1, 0.15) is 11.9 Å². The number of hydrogen-bond acceptors (Lipinski definition) is 2. The Morgan fingerprint density at radius 2 is 2.00 bits per heavy atom. The number of halogens is 3. The van der Waals surface area contributed by atoms with Crippen molar-refractivity contribution in [3.8, 4) is 5.75 Å². The summed E-state index contributed by atoms with van der Waals surface area (Å²) in [5.41, 5.74) is -0.118. The van der Waals surface area contributed by atoms with Gasteiger partial charge in [0.25, 0.3) is 0 Å². The summed E-state index contributed by atoms with van der Waals surface area (Å²) in [4.78, 5) is 14.1. The second kappa shape index (κ2) is 6.66. The van der Waals surface area contributed by atoms with E-state index in [-0.39, 0.29) is 11.8 Å². The predicted molar refractivity (Wildman–Crippen MR) is 89.0 cm³/mol. The number of para-hydroxylation sites is 2. The molecule has 0 bridgehead atoms. The molecule has 0 fully saturated rings. The maximum atomic E-state index is 12.8. The van der Waals surface area contributed by atoms with E-state index in [0.717, 1.165) is 12.1 Å². The van der Waals surface area contributed by atoms with E-state index < -0.39 is 17.8 Å². The van der Waals surface area contributed by atoms with Crippen LogP contribution < -0.4 is 15.0 Å². The van der Waals surface area contributed by atoms with Crippen LogP contribution in [-0.2, 0) is 6.18 Å². The van der Waals surface area contributed by atoms with Crippen molar-refractivity contribution < 1.29 is 22.7 Å². The largest absolute Gasteiger partial charge is 0.486 e. The van der Waals surface area contributed by atoms with Crippen LogP contribution in [0, 0.1) is 0 Å². The van der Waals surface area contributed by atoms with Gasteiger partial charge in [-0.25, -0.2) is 4.79 Å². The van der Waals surface area contributed by atoms with Crippen LogP contribution in [0.5, 0.6) is 5.75 Å². The number of anilines is 2. The Hall–Kier alpha value is -2.70. The van der Waals surface area contributed by atoms with E-state index in [2.05, 4.69) is 5.32 Å². The first-order chi connectivity index (χ1) is 11.9. The van der Waals surface area contributed by atoms with E-state index >= 15 is 0 Å². The number of urea groups is 1. The van der Waals surface area contributed by atoms with Gasteiger partial charge in [0.05, 0.1) is 17.8 Å². The molecule has 4 nitrogen and oxygen atoms in total. The van der Waals surface area contributed by atoms with Crippen LogP contribution in [0.4, 0.5) is 29.3 Å². The number of rotatable bonds is 2. The highest BCUT2D eigenvalue weighted by Gasteiger charge is 2.31. The van der Waals surface area contributed by atoms with Crippen LogP contribution in [0.25, 0.3) is 0 Å². The molecule has 25 heavy (non-hydrogen) atoms. The first kappa shape index (κ1) is 17.1. The Balaban J connectivity index is 1.84. The Bertz CT molecular complexity index is 777. The van der Waals surface area contributed by atoms with E-state index in [1.165, 1.54) is 17.0 Å². The van der Waals surface area contributed by atoms with Crippen molar-refractivity contribution in [1.29, 1.82) is 0 Å². The first-order valence-corrected chi connectivity index (χ1v) is 7.90. The molecular formula is C18H17F3N2O2. The van der Waals surface area contributed by atoms with Gasteiger partial charge >= 0.3 is 12.2 Å². The van der Waals surface area contributed by atoms with Crippen LogP contribution in [-0.4, -0.2) is 18.7 Å². The number of fused-ring (bicyclic) bond motifs is 1. The first-order valence-electron chi connectivity index (χ1n) is 7.90. The normalized spacial score (nSPS) is 16.8. The summed E-state index contributed by atoms with van der Waals surface area (Å²) in [6.07, 6.45) is -3.91. The average Bonchev–Trinajstić information content (AvgIpc) is 2.60. The van der Waals surface area contributed by atoms with Crippen LogP contribution in [0.3, 0.4) is 0 Å². The van der Waals surface area contributed by atoms with Crippen LogP contribution >= 0.6 is 0 Å². The summed E-state index contributed by atoms with van der Waals surface area (Å²) in [6, 6.07) is 11.2. The standard InChI is InChI=1S/C18H17F3N2O2/c1-2-14-11-23(15-8-3-4-9-16(15)25-14)17(24)22-13-7-5-6-12(10-13)18(19,20)21/h3-10,14H,2,11H2,1H3,(H,22,24). The SMILES string of the molecule is CCC1CN(C(=O)Nc2cccc(C(F)(F)F)c2)c2ccccc2O1. The highest BCUT2D eigenvalue weighted by molar-refractivity contribution is 6.03. The van der Waals surface area contributed by atoms with Crippen molar-refractivity contribution in [2.75, 3.05) is 16.8 Å². The van der Waals surface area contributed by atoms with E-state index in [9.17, 15) is 18.0 Å². The van der Waals surface area contributed by atoms with Gasteiger partial charge < -0.3 is 10.1 Å². The minimum absolute atomic E-state index is 0.0943. The van der Waals surface area contributed by atoms with Gasteiger partial charge in [-0.05, 0) is 36.8 Å². The average molecular weight is 350 g/mol. The second-order valence-electron chi connectivity index (χ2n) is 5.74. The van der Waals surface area contributed by atoms with Gasteiger partial charge in [-0.15, -0.1) is 0 Å². The monoisotopic (exact) mass is 350 g/mol. The van der Waals surface area contributed by atoms with Crippen molar-refractivity contribution in [1.82, 2.24) is 0 Å². The van der Waals surface area contributed by atoms with Gasteiger partial charge in [0, 0.05) is 5.69 Å². The van der Waals surface area contributed by atoms with Gasteiger partial charge in [0.2, 0.25) is 0 Å². The summed E-state index contributed by atoms with van der Waals surface area (Å²) in [5, 5.41) is 2.54. The predicted octanol–water partition coefficient (Wildman–Crippen LogP) is 4.91. The summed E-state index contributed by atoms with van der Waals surface area (Å²) in [5.74, 6) is 0.583. The van der Waals surface area contributed by atoms with Crippen LogP contribution in [0.2, 0.25) is 0 Å². The third-order valence-electron chi connectivity index (χ3n) is 3.98. The minimum atomic E-state index is -4.46. The molecule has 0 radical (unpaired) electrons. The molecule has 1 heterocycles. The Morgan fingerprint density at radius 3 is 2.72 bits per heavy atom. The quantitative estimate of drug-likeness (QED) is 0.836. The van der Waals surface area contributed by atoms with Crippen LogP contribution in [0.1, 0.15) is 18.9 Å². The minimum Gasteiger partial charge on any atom is -0.486 e. The number of nitrogens with zero attached hydrogens (tertiary/aromatic N) is 1. The van der Waals surface area contributed by atoms with Crippen molar-refractivity contribution in [2.24, 2.45) is 0 Å². The number of nitrogens with one attached hydrogen (secondary N) is 1. The molecule has 2 aromatic carbocycles. The van der Waals surface area contributed by atoms with E-state index in [1.54, 1.807) is 24.3 Å². The number of hydrogen-bond donors (Lipinski definition) is 1. The fourth-order valence-electron chi connectivity index (χ4n) is 2.67. The highest BCUT2D eigenvalue weighted by atomic mass is 19.4. The van der Waals surface area contributed by atoms with Crippen molar-refractivity contribution in [3.05, 3.63) is 54.1 Å². The fraction of sp³-hybridized carbons (Fsp3) is 0.278. The Morgan fingerprint density at radius 1 is 1.24 bits per heavy atom. The zero-order valence-corrected chi connectivity index (χ0v) is 13.5. The van der Waals surface area contributed by atoms with E-state index in [0.29, 0.717) is 24.4 Å². The van der Waals surface area contributed by atoms with Gasteiger partial charge in [-0.3, -0.25) is 4.90 Å². The molecule has 0 saturated heterocycles. The Labute approximate surface area is 143 Å². The van der Waals surface area contributed by atoms with Crippen molar-refractivity contribution in [2.45, 2.75) is 25.6 Å². The molecular weight excluding hydrogens is 333 g/mol. The number of ether oxygens (including phenoxy) is 1. The molecule has 2 amide bonds. The maximum Gasteiger partial charge on any atom is 0.416 e. The molecule has 1 atom stereocenters. The molecule has 1 aliphatic rings. The topological polar surface area (TPSA) is 41.6 Å². The molecule has 1 unspecified atom stereocenters. The number of benzene rings is 2. The molecule has 2 aromatic rings. The number of carbonyl (C=O) groups excluding carboxylic acids is 1. The fourth-order valence-corrected chi connectivity index (χ4v) is 2.67. The molecule has 0 spiro atoms.